The first-order chi connectivity index (χ1) is 10.6. The Morgan fingerprint density at radius 2 is 2.27 bits per heavy atom. The van der Waals surface area contributed by atoms with Crippen LogP contribution in [0.4, 0.5) is 4.79 Å². The minimum absolute atomic E-state index is 0.0575. The molecule has 2 aromatic rings. The molecule has 1 aliphatic heterocycles. The number of rotatable bonds is 3. The van der Waals surface area contributed by atoms with Crippen molar-refractivity contribution in [1.29, 1.82) is 0 Å². The zero-order valence-corrected chi connectivity index (χ0v) is 12.6. The van der Waals surface area contributed by atoms with E-state index in [0.29, 0.717) is 19.6 Å². The first-order valence-corrected chi connectivity index (χ1v) is 7.43. The van der Waals surface area contributed by atoms with Gasteiger partial charge in [0.1, 0.15) is 5.75 Å². The summed E-state index contributed by atoms with van der Waals surface area (Å²) in [5, 5.41) is 16.6. The van der Waals surface area contributed by atoms with Crippen LogP contribution in [0.3, 0.4) is 0 Å². The number of aromatic nitrogens is 2. The summed E-state index contributed by atoms with van der Waals surface area (Å²) in [7, 11) is 1.88. The molecular weight excluding hydrogens is 280 g/mol. The summed E-state index contributed by atoms with van der Waals surface area (Å²) >= 11 is 0. The molecule has 116 valence electrons. The number of aromatic hydroxyl groups is 1. The molecule has 1 aromatic heterocycles. The summed E-state index contributed by atoms with van der Waals surface area (Å²) in [6.45, 7) is 1.84. The molecule has 6 heteroatoms. The summed E-state index contributed by atoms with van der Waals surface area (Å²) < 4.78 is 1.76. The van der Waals surface area contributed by atoms with Crippen molar-refractivity contribution in [2.45, 2.75) is 19.4 Å². The Bertz CT molecular complexity index is 681. The maximum Gasteiger partial charge on any atom is 0.317 e. The summed E-state index contributed by atoms with van der Waals surface area (Å²) in [5.74, 6) is 0.248. The molecule has 22 heavy (non-hydrogen) atoms. The van der Waals surface area contributed by atoms with Crippen LogP contribution >= 0.6 is 0 Å². The van der Waals surface area contributed by atoms with E-state index in [9.17, 15) is 9.90 Å². The van der Waals surface area contributed by atoms with Gasteiger partial charge in [-0.3, -0.25) is 4.68 Å². The third-order valence-electron chi connectivity index (χ3n) is 3.94. The lowest BCUT2D eigenvalue weighted by Crippen LogP contribution is -2.43. The second-order valence-corrected chi connectivity index (χ2v) is 5.63. The molecule has 1 aliphatic rings. The molecule has 0 bridgehead atoms. The Labute approximate surface area is 129 Å². The molecule has 2 amide bonds. The van der Waals surface area contributed by atoms with Crippen molar-refractivity contribution >= 4 is 6.03 Å². The van der Waals surface area contributed by atoms with E-state index in [4.69, 9.17) is 0 Å². The first-order valence-electron chi connectivity index (χ1n) is 7.43. The fourth-order valence-electron chi connectivity index (χ4n) is 2.74. The minimum Gasteiger partial charge on any atom is -0.508 e. The van der Waals surface area contributed by atoms with Gasteiger partial charge in [0.25, 0.3) is 0 Å². The van der Waals surface area contributed by atoms with E-state index >= 15 is 0 Å². The van der Waals surface area contributed by atoms with E-state index in [-0.39, 0.29) is 11.8 Å². The van der Waals surface area contributed by atoms with Crippen molar-refractivity contribution < 1.29 is 9.90 Å². The Morgan fingerprint density at radius 1 is 1.41 bits per heavy atom. The standard InChI is InChI=1S/C16H20N4O2/c1-19-10-12(9-18-19)4-6-17-16(22)20-7-5-13-2-3-15(21)8-14(13)11-20/h2-3,8-10,21H,4-7,11H2,1H3,(H,17,22). The molecule has 0 saturated carbocycles. The average Bonchev–Trinajstić information content (AvgIpc) is 2.92. The van der Waals surface area contributed by atoms with E-state index < -0.39 is 0 Å². The molecule has 0 fully saturated rings. The van der Waals surface area contributed by atoms with Crippen molar-refractivity contribution in [1.82, 2.24) is 20.0 Å². The van der Waals surface area contributed by atoms with Gasteiger partial charge in [-0.1, -0.05) is 6.07 Å². The Morgan fingerprint density at radius 3 is 3.05 bits per heavy atom. The van der Waals surface area contributed by atoms with Gasteiger partial charge < -0.3 is 15.3 Å². The number of benzene rings is 1. The number of amides is 2. The third-order valence-corrected chi connectivity index (χ3v) is 3.94. The quantitative estimate of drug-likeness (QED) is 0.901. The first kappa shape index (κ1) is 14.4. The predicted molar refractivity (Wildman–Crippen MR) is 82.5 cm³/mol. The van der Waals surface area contributed by atoms with Crippen molar-refractivity contribution in [3.05, 3.63) is 47.3 Å². The summed E-state index contributed by atoms with van der Waals surface area (Å²) in [5.41, 5.74) is 3.34. The number of nitrogens with zero attached hydrogens (tertiary/aromatic N) is 3. The van der Waals surface area contributed by atoms with Gasteiger partial charge in [-0.25, -0.2) is 4.79 Å². The largest absolute Gasteiger partial charge is 0.508 e. The van der Waals surface area contributed by atoms with Crippen LogP contribution in [-0.2, 0) is 26.4 Å². The Balaban J connectivity index is 1.53. The maximum absolute atomic E-state index is 12.2. The van der Waals surface area contributed by atoms with Crippen LogP contribution in [0.2, 0.25) is 0 Å². The number of carbonyl (C=O) groups excluding carboxylic acids is 1. The summed E-state index contributed by atoms with van der Waals surface area (Å²) in [6, 6.07) is 5.31. The average molecular weight is 300 g/mol. The van der Waals surface area contributed by atoms with Crippen LogP contribution in [0, 0.1) is 0 Å². The lowest BCUT2D eigenvalue weighted by Gasteiger charge is -2.29. The molecule has 1 aromatic carbocycles. The number of fused-ring (bicyclic) bond motifs is 1. The van der Waals surface area contributed by atoms with Crippen molar-refractivity contribution in [3.8, 4) is 5.75 Å². The van der Waals surface area contributed by atoms with Gasteiger partial charge in [0.15, 0.2) is 0 Å². The highest BCUT2D eigenvalue weighted by Gasteiger charge is 2.20. The van der Waals surface area contributed by atoms with Crippen molar-refractivity contribution in [3.63, 3.8) is 0 Å². The normalized spacial score (nSPS) is 13.8. The second kappa shape index (κ2) is 6.09. The van der Waals surface area contributed by atoms with E-state index in [1.807, 2.05) is 25.5 Å². The molecule has 3 rings (SSSR count). The Kier molecular flexibility index (Phi) is 4.00. The van der Waals surface area contributed by atoms with Crippen LogP contribution in [0.1, 0.15) is 16.7 Å². The zero-order chi connectivity index (χ0) is 15.5. The molecule has 0 aliphatic carbocycles. The molecule has 2 N–H and O–H groups in total. The highest BCUT2D eigenvalue weighted by Crippen LogP contribution is 2.23. The lowest BCUT2D eigenvalue weighted by atomic mass is 10.00. The number of phenolic OH excluding ortho intramolecular Hbond substituents is 1. The fourth-order valence-corrected chi connectivity index (χ4v) is 2.74. The number of carbonyl (C=O) groups is 1. The number of phenols is 1. The van der Waals surface area contributed by atoms with E-state index in [0.717, 1.165) is 24.0 Å². The predicted octanol–water partition coefficient (Wildman–Crippen LogP) is 1.44. The zero-order valence-electron chi connectivity index (χ0n) is 12.6. The number of hydrogen-bond acceptors (Lipinski definition) is 3. The fraction of sp³-hybridized carbons (Fsp3) is 0.375. The van der Waals surface area contributed by atoms with Crippen molar-refractivity contribution in [2.24, 2.45) is 7.05 Å². The SMILES string of the molecule is Cn1cc(CCNC(=O)N2CCc3ccc(O)cc3C2)cn1. The lowest BCUT2D eigenvalue weighted by molar-refractivity contribution is 0.192. The van der Waals surface area contributed by atoms with Gasteiger partial charge in [0.05, 0.1) is 6.20 Å². The van der Waals surface area contributed by atoms with Gasteiger partial charge >= 0.3 is 6.03 Å². The molecular formula is C16H20N4O2. The van der Waals surface area contributed by atoms with E-state index in [2.05, 4.69) is 10.4 Å². The van der Waals surface area contributed by atoms with E-state index in [1.54, 1.807) is 21.7 Å². The van der Waals surface area contributed by atoms with Crippen LogP contribution in [-0.4, -0.2) is 38.9 Å². The molecule has 0 unspecified atom stereocenters. The van der Waals surface area contributed by atoms with E-state index in [1.165, 1.54) is 5.56 Å². The molecule has 2 heterocycles. The maximum atomic E-state index is 12.2. The Hall–Kier alpha value is -2.50. The smallest absolute Gasteiger partial charge is 0.317 e. The summed E-state index contributed by atoms with van der Waals surface area (Å²) in [4.78, 5) is 14.0. The molecule has 0 radical (unpaired) electrons. The van der Waals surface area contributed by atoms with Gasteiger partial charge in [0.2, 0.25) is 0 Å². The van der Waals surface area contributed by atoms with Gasteiger partial charge in [-0.2, -0.15) is 5.10 Å². The second-order valence-electron chi connectivity index (χ2n) is 5.63. The monoisotopic (exact) mass is 300 g/mol. The van der Waals surface area contributed by atoms with Crippen LogP contribution in [0.25, 0.3) is 0 Å². The van der Waals surface area contributed by atoms with Crippen molar-refractivity contribution in [2.75, 3.05) is 13.1 Å². The van der Waals surface area contributed by atoms with Crippen LogP contribution < -0.4 is 5.32 Å². The van der Waals surface area contributed by atoms with Gasteiger partial charge in [-0.05, 0) is 41.7 Å². The molecule has 6 nitrogen and oxygen atoms in total. The topological polar surface area (TPSA) is 70.4 Å². The number of hydrogen-bond donors (Lipinski definition) is 2. The minimum atomic E-state index is -0.0575. The van der Waals surface area contributed by atoms with Crippen LogP contribution in [0.15, 0.2) is 30.6 Å². The number of urea groups is 1. The highest BCUT2D eigenvalue weighted by atomic mass is 16.3. The van der Waals surface area contributed by atoms with Gasteiger partial charge in [-0.15, -0.1) is 0 Å². The summed E-state index contributed by atoms with van der Waals surface area (Å²) in [6.07, 6.45) is 5.36. The third kappa shape index (κ3) is 3.21. The molecule has 0 atom stereocenters. The molecule has 0 saturated heterocycles. The molecule has 0 spiro atoms. The number of aryl methyl sites for hydroxylation is 1. The van der Waals surface area contributed by atoms with Gasteiger partial charge in [0, 0.05) is 32.9 Å². The highest BCUT2D eigenvalue weighted by molar-refractivity contribution is 5.74. The van der Waals surface area contributed by atoms with Crippen LogP contribution in [0.5, 0.6) is 5.75 Å². The number of nitrogens with one attached hydrogen (secondary N) is 1.